The van der Waals surface area contributed by atoms with Gasteiger partial charge in [-0.1, -0.05) is 0 Å². The molecule has 4 nitrogen and oxygen atoms in total. The minimum atomic E-state index is 0.444. The van der Waals surface area contributed by atoms with Crippen LogP contribution in [0.5, 0.6) is 0 Å². The summed E-state index contributed by atoms with van der Waals surface area (Å²) >= 11 is 0. The molecule has 0 aliphatic rings. The molecule has 0 saturated carbocycles. The molecular weight excluding hydrogens is 140 g/mol. The highest BCUT2D eigenvalue weighted by Gasteiger charge is 1.92. The van der Waals surface area contributed by atoms with Crippen LogP contribution in [-0.4, -0.2) is 16.7 Å². The third-order valence-corrected chi connectivity index (χ3v) is 1.29. The lowest BCUT2D eigenvalue weighted by molar-refractivity contribution is 0.896. The summed E-state index contributed by atoms with van der Waals surface area (Å²) in [6.07, 6.45) is 0. The summed E-state index contributed by atoms with van der Waals surface area (Å²) in [7, 11) is 0. The lowest BCUT2D eigenvalue weighted by Crippen LogP contribution is -2.04. The van der Waals surface area contributed by atoms with Gasteiger partial charge in [0.15, 0.2) is 0 Å². The maximum atomic E-state index is 5.35. The first-order valence-electron chi connectivity index (χ1n) is 3.63. The van der Waals surface area contributed by atoms with Crippen LogP contribution in [0.4, 0.5) is 5.82 Å². The lowest BCUT2D eigenvalue weighted by atomic mass is 10.4. The molecule has 4 heteroatoms. The van der Waals surface area contributed by atoms with Crippen molar-refractivity contribution in [1.82, 2.24) is 10.2 Å². The van der Waals surface area contributed by atoms with Crippen molar-refractivity contribution in [3.8, 4) is 0 Å². The molecular formula is C7H12N4. The summed E-state index contributed by atoms with van der Waals surface area (Å²) in [5.41, 5.74) is 6.16. The second-order valence-corrected chi connectivity index (χ2v) is 2.14. The number of hydrogen-bond acceptors (Lipinski definition) is 4. The van der Waals surface area contributed by atoms with E-state index in [1.807, 2.05) is 19.1 Å². The van der Waals surface area contributed by atoms with E-state index in [4.69, 9.17) is 5.73 Å². The zero-order chi connectivity index (χ0) is 8.10. The van der Waals surface area contributed by atoms with Crippen molar-refractivity contribution in [3.63, 3.8) is 0 Å². The first kappa shape index (κ1) is 7.94. The van der Waals surface area contributed by atoms with Gasteiger partial charge < -0.3 is 11.1 Å². The normalized spacial score (nSPS) is 9.64. The molecule has 0 spiro atoms. The largest absolute Gasteiger partial charge is 0.369 e. The lowest BCUT2D eigenvalue weighted by Gasteiger charge is -2.00. The summed E-state index contributed by atoms with van der Waals surface area (Å²) in [4.78, 5) is 0. The molecule has 0 aliphatic heterocycles. The molecule has 0 bridgehead atoms. The first-order valence-corrected chi connectivity index (χ1v) is 3.63. The average Bonchev–Trinajstić information content (AvgIpc) is 2.07. The van der Waals surface area contributed by atoms with Crippen LogP contribution in [0.25, 0.3) is 0 Å². The smallest absolute Gasteiger partial charge is 0.148 e. The molecule has 0 aromatic carbocycles. The number of hydrogen-bond donors (Lipinski definition) is 2. The Morgan fingerprint density at radius 2 is 2.27 bits per heavy atom. The molecule has 0 aliphatic carbocycles. The monoisotopic (exact) mass is 152 g/mol. The SMILES string of the molecule is CCNc1ccc(CN)nn1. The minimum Gasteiger partial charge on any atom is -0.369 e. The van der Waals surface area contributed by atoms with E-state index in [1.165, 1.54) is 0 Å². The summed E-state index contributed by atoms with van der Waals surface area (Å²) in [6.45, 7) is 3.31. The van der Waals surface area contributed by atoms with E-state index < -0.39 is 0 Å². The number of anilines is 1. The molecule has 11 heavy (non-hydrogen) atoms. The van der Waals surface area contributed by atoms with Gasteiger partial charge in [0.05, 0.1) is 5.69 Å². The van der Waals surface area contributed by atoms with Crippen LogP contribution in [0.1, 0.15) is 12.6 Å². The Hall–Kier alpha value is -1.16. The molecule has 0 atom stereocenters. The van der Waals surface area contributed by atoms with E-state index in [1.54, 1.807) is 0 Å². The highest BCUT2D eigenvalue weighted by molar-refractivity contribution is 5.32. The van der Waals surface area contributed by atoms with Gasteiger partial charge in [-0.25, -0.2) is 0 Å². The standard InChI is InChI=1S/C7H12N4/c1-2-9-7-4-3-6(5-8)10-11-7/h3-4H,2,5,8H2,1H3,(H,9,11). The minimum absolute atomic E-state index is 0.444. The Bertz CT molecular complexity index is 206. The van der Waals surface area contributed by atoms with Crippen molar-refractivity contribution >= 4 is 5.82 Å². The quantitative estimate of drug-likeness (QED) is 0.656. The third-order valence-electron chi connectivity index (χ3n) is 1.29. The third kappa shape index (κ3) is 2.16. The van der Waals surface area contributed by atoms with Crippen LogP contribution in [0.2, 0.25) is 0 Å². The van der Waals surface area contributed by atoms with E-state index in [0.29, 0.717) is 6.54 Å². The number of rotatable bonds is 3. The molecule has 0 amide bonds. The van der Waals surface area contributed by atoms with Gasteiger partial charge in [0.25, 0.3) is 0 Å². The van der Waals surface area contributed by atoms with Gasteiger partial charge in [0.2, 0.25) is 0 Å². The Morgan fingerprint density at radius 3 is 2.73 bits per heavy atom. The van der Waals surface area contributed by atoms with Gasteiger partial charge in [-0.3, -0.25) is 0 Å². The second kappa shape index (κ2) is 3.88. The van der Waals surface area contributed by atoms with Gasteiger partial charge in [-0.05, 0) is 19.1 Å². The summed E-state index contributed by atoms with van der Waals surface area (Å²) in [5, 5.41) is 10.8. The van der Waals surface area contributed by atoms with E-state index in [0.717, 1.165) is 18.1 Å². The van der Waals surface area contributed by atoms with Crippen LogP contribution < -0.4 is 11.1 Å². The average molecular weight is 152 g/mol. The fourth-order valence-corrected chi connectivity index (χ4v) is 0.744. The Balaban J connectivity index is 2.66. The van der Waals surface area contributed by atoms with E-state index in [9.17, 15) is 0 Å². The Kier molecular flexibility index (Phi) is 2.80. The van der Waals surface area contributed by atoms with Crippen LogP contribution >= 0.6 is 0 Å². The van der Waals surface area contributed by atoms with Crippen molar-refractivity contribution in [2.75, 3.05) is 11.9 Å². The fraction of sp³-hybridized carbons (Fsp3) is 0.429. The molecule has 1 aromatic heterocycles. The van der Waals surface area contributed by atoms with Crippen LogP contribution in [0.3, 0.4) is 0 Å². The van der Waals surface area contributed by atoms with Gasteiger partial charge in [-0.15, -0.1) is 5.10 Å². The summed E-state index contributed by atoms with van der Waals surface area (Å²) < 4.78 is 0. The summed E-state index contributed by atoms with van der Waals surface area (Å²) in [5.74, 6) is 0.796. The van der Waals surface area contributed by atoms with Crippen molar-refractivity contribution < 1.29 is 0 Å². The van der Waals surface area contributed by atoms with E-state index in [-0.39, 0.29) is 0 Å². The molecule has 0 saturated heterocycles. The number of aromatic nitrogens is 2. The van der Waals surface area contributed by atoms with E-state index >= 15 is 0 Å². The Morgan fingerprint density at radius 1 is 1.45 bits per heavy atom. The number of nitrogens with zero attached hydrogens (tertiary/aromatic N) is 2. The molecule has 0 fully saturated rings. The van der Waals surface area contributed by atoms with Gasteiger partial charge in [0, 0.05) is 13.1 Å². The van der Waals surface area contributed by atoms with Crippen LogP contribution in [0.15, 0.2) is 12.1 Å². The van der Waals surface area contributed by atoms with E-state index in [2.05, 4.69) is 15.5 Å². The molecule has 0 unspecified atom stereocenters. The second-order valence-electron chi connectivity index (χ2n) is 2.14. The molecule has 1 rings (SSSR count). The molecule has 0 radical (unpaired) electrons. The molecule has 60 valence electrons. The molecule has 1 heterocycles. The highest BCUT2D eigenvalue weighted by Crippen LogP contribution is 1.99. The topological polar surface area (TPSA) is 63.8 Å². The first-order chi connectivity index (χ1) is 5.36. The zero-order valence-corrected chi connectivity index (χ0v) is 6.54. The molecule has 1 aromatic rings. The van der Waals surface area contributed by atoms with Crippen molar-refractivity contribution in [2.24, 2.45) is 5.73 Å². The molecule has 3 N–H and O–H groups in total. The fourth-order valence-electron chi connectivity index (χ4n) is 0.744. The maximum absolute atomic E-state index is 5.35. The predicted octanol–water partition coefficient (Wildman–Crippen LogP) is 0.367. The van der Waals surface area contributed by atoms with Crippen molar-refractivity contribution in [1.29, 1.82) is 0 Å². The maximum Gasteiger partial charge on any atom is 0.148 e. The number of nitrogens with one attached hydrogen (secondary N) is 1. The summed E-state index contributed by atoms with van der Waals surface area (Å²) in [6, 6.07) is 3.74. The van der Waals surface area contributed by atoms with Crippen molar-refractivity contribution in [3.05, 3.63) is 17.8 Å². The van der Waals surface area contributed by atoms with Crippen molar-refractivity contribution in [2.45, 2.75) is 13.5 Å². The number of nitrogens with two attached hydrogens (primary N) is 1. The highest BCUT2D eigenvalue weighted by atomic mass is 15.2. The van der Waals surface area contributed by atoms with Gasteiger partial charge in [0.1, 0.15) is 5.82 Å². The zero-order valence-electron chi connectivity index (χ0n) is 6.54. The van der Waals surface area contributed by atoms with Gasteiger partial charge >= 0.3 is 0 Å². The predicted molar refractivity (Wildman–Crippen MR) is 44.1 cm³/mol. The van der Waals surface area contributed by atoms with Gasteiger partial charge in [-0.2, -0.15) is 5.10 Å². The van der Waals surface area contributed by atoms with Crippen LogP contribution in [-0.2, 0) is 6.54 Å². The Labute approximate surface area is 65.8 Å². The van der Waals surface area contributed by atoms with Crippen LogP contribution in [0, 0.1) is 0 Å².